The van der Waals surface area contributed by atoms with Crippen molar-refractivity contribution in [2.45, 2.75) is 37.6 Å². The van der Waals surface area contributed by atoms with Crippen LogP contribution in [0.5, 0.6) is 0 Å². The van der Waals surface area contributed by atoms with Crippen LogP contribution in [0.15, 0.2) is 0 Å². The Hall–Kier alpha value is -0.330. The van der Waals surface area contributed by atoms with E-state index < -0.39 is 18.9 Å². The summed E-state index contributed by atoms with van der Waals surface area (Å²) in [6.45, 7) is 1.54. The number of carbonyl (C=O) groups is 1. The van der Waals surface area contributed by atoms with Gasteiger partial charge in [0, 0.05) is 38.8 Å². The van der Waals surface area contributed by atoms with Crippen LogP contribution in [0.4, 0.5) is 18.0 Å². The number of aliphatic hydroxyl groups excluding tert-OH is 1. The van der Waals surface area contributed by atoms with Crippen LogP contribution in [0.2, 0.25) is 0 Å². The van der Waals surface area contributed by atoms with Gasteiger partial charge in [0.2, 0.25) is 0 Å². The number of hydrogen-bond acceptors (Lipinski definition) is 4. The number of piperidine rings is 1. The summed E-state index contributed by atoms with van der Waals surface area (Å²) in [6, 6.07) is 0.181. The number of ether oxygens (including phenoxy) is 1. The van der Waals surface area contributed by atoms with E-state index in [9.17, 15) is 23.1 Å². The number of β-amino-alcohol motifs (C(OH)–C–C–N with tert-alkyl or cyclic N) is 1. The molecule has 24 heavy (non-hydrogen) atoms. The quantitative estimate of drug-likeness (QED) is 0.581. The van der Waals surface area contributed by atoms with Crippen molar-refractivity contribution in [1.82, 2.24) is 15.1 Å². The van der Waals surface area contributed by atoms with Gasteiger partial charge < -0.3 is 25.0 Å². The van der Waals surface area contributed by atoms with E-state index >= 15 is 0 Å². The summed E-state index contributed by atoms with van der Waals surface area (Å²) in [7, 11) is 0. The van der Waals surface area contributed by atoms with E-state index in [-0.39, 0.29) is 49.2 Å². The molecule has 2 fully saturated rings. The molecule has 0 aromatic rings. The zero-order valence-corrected chi connectivity index (χ0v) is 15.8. The van der Waals surface area contributed by atoms with Crippen molar-refractivity contribution in [2.24, 2.45) is 0 Å². The van der Waals surface area contributed by atoms with E-state index in [1.807, 2.05) is 9.80 Å². The minimum absolute atomic E-state index is 0. The molecule has 2 heterocycles. The van der Waals surface area contributed by atoms with Crippen molar-refractivity contribution >= 4 is 30.0 Å². The number of nitrogens with zero attached hydrogens (tertiary/aromatic N) is 2. The molecule has 6 nitrogen and oxygen atoms in total. The summed E-state index contributed by atoms with van der Waals surface area (Å²) >= 11 is 0. The van der Waals surface area contributed by atoms with Gasteiger partial charge in [0.25, 0.3) is 0 Å². The predicted octanol–water partition coefficient (Wildman–Crippen LogP) is 1.42. The van der Waals surface area contributed by atoms with E-state index in [0.717, 1.165) is 32.4 Å². The van der Waals surface area contributed by atoms with Gasteiger partial charge >= 0.3 is 12.2 Å². The largest absolute Gasteiger partial charge is 0.411 e. The molecule has 0 aromatic heterocycles. The maximum absolute atomic E-state index is 12.0. The third-order valence-corrected chi connectivity index (χ3v) is 4.16. The molecule has 2 aliphatic heterocycles. The average molecular weight is 467 g/mol. The smallest absolute Gasteiger partial charge is 0.389 e. The summed E-state index contributed by atoms with van der Waals surface area (Å²) in [5.41, 5.74) is 0. The van der Waals surface area contributed by atoms with Crippen LogP contribution < -0.4 is 5.32 Å². The molecule has 2 saturated heterocycles. The van der Waals surface area contributed by atoms with Gasteiger partial charge in [0.15, 0.2) is 0 Å². The van der Waals surface area contributed by atoms with E-state index in [2.05, 4.69) is 10.1 Å². The predicted molar refractivity (Wildman–Crippen MR) is 92.5 cm³/mol. The molecule has 142 valence electrons. The molecule has 0 radical (unpaired) electrons. The Balaban J connectivity index is 0.00000288. The van der Waals surface area contributed by atoms with E-state index in [0.29, 0.717) is 13.1 Å². The van der Waals surface area contributed by atoms with Crippen molar-refractivity contribution in [1.29, 1.82) is 0 Å². The van der Waals surface area contributed by atoms with E-state index in [4.69, 9.17) is 0 Å². The average Bonchev–Trinajstić information content (AvgIpc) is 2.47. The highest BCUT2D eigenvalue weighted by Crippen LogP contribution is 2.19. The fraction of sp³-hybridized carbons (Fsp3) is 0.929. The third kappa shape index (κ3) is 7.28. The first-order valence-electron chi connectivity index (χ1n) is 7.94. The van der Waals surface area contributed by atoms with Gasteiger partial charge in [0.1, 0.15) is 6.61 Å². The normalized spacial score (nSPS) is 22.0. The second-order valence-electron chi connectivity index (χ2n) is 6.09. The van der Waals surface area contributed by atoms with Crippen LogP contribution in [0.1, 0.15) is 19.3 Å². The zero-order chi connectivity index (χ0) is 16.9. The maximum Gasteiger partial charge on any atom is 0.411 e. The fourth-order valence-corrected chi connectivity index (χ4v) is 3.07. The first-order valence-corrected chi connectivity index (χ1v) is 7.94. The fourth-order valence-electron chi connectivity index (χ4n) is 3.07. The Labute approximate surface area is 156 Å². The molecule has 0 bridgehead atoms. The van der Waals surface area contributed by atoms with Gasteiger partial charge in [-0.05, 0) is 19.3 Å². The van der Waals surface area contributed by atoms with Crippen molar-refractivity contribution in [3.05, 3.63) is 0 Å². The Bertz CT molecular complexity index is 393. The molecular weight excluding hydrogens is 442 g/mol. The maximum atomic E-state index is 12.0. The summed E-state index contributed by atoms with van der Waals surface area (Å²) < 4.78 is 40.4. The molecule has 0 aliphatic carbocycles. The van der Waals surface area contributed by atoms with Crippen molar-refractivity contribution < 1.29 is 27.8 Å². The second-order valence-corrected chi connectivity index (χ2v) is 6.09. The molecule has 1 atom stereocenters. The molecule has 2 rings (SSSR count). The number of rotatable bonds is 6. The summed E-state index contributed by atoms with van der Waals surface area (Å²) in [5, 5.41) is 12.6. The number of likely N-dealkylation sites (tertiary alicyclic amines) is 1. The highest BCUT2D eigenvalue weighted by molar-refractivity contribution is 14.0. The van der Waals surface area contributed by atoms with Crippen LogP contribution in [0, 0.1) is 0 Å². The van der Waals surface area contributed by atoms with Gasteiger partial charge in [-0.25, -0.2) is 4.79 Å². The topological polar surface area (TPSA) is 65.0 Å². The molecule has 2 aliphatic rings. The van der Waals surface area contributed by atoms with Gasteiger partial charge in [-0.3, -0.25) is 0 Å². The first-order chi connectivity index (χ1) is 10.8. The number of alkyl halides is 3. The second kappa shape index (κ2) is 9.97. The minimum atomic E-state index is -4.37. The van der Waals surface area contributed by atoms with E-state index in [1.54, 1.807) is 0 Å². The molecule has 2 N–H and O–H groups in total. The van der Waals surface area contributed by atoms with Crippen molar-refractivity contribution in [3.8, 4) is 0 Å². The standard InChI is InChI=1S/C14H24F3N3O3.HI/c15-14(16,17)10-23-9-12(21)8-19-6-2-11(3-7-19)20-5-1-4-18-13(20)22;/h11-12,21H,1-10H2,(H,18,22);1H. The third-order valence-electron chi connectivity index (χ3n) is 4.16. The lowest BCUT2D eigenvalue weighted by Crippen LogP contribution is -2.54. The highest BCUT2D eigenvalue weighted by Gasteiger charge is 2.30. The molecule has 1 unspecified atom stereocenters. The molecule has 10 heteroatoms. The lowest BCUT2D eigenvalue weighted by Gasteiger charge is -2.40. The van der Waals surface area contributed by atoms with Crippen LogP contribution in [0.3, 0.4) is 0 Å². The number of carbonyl (C=O) groups excluding carboxylic acids is 1. The molecule has 0 aromatic carbocycles. The number of aliphatic hydroxyl groups is 1. The lowest BCUT2D eigenvalue weighted by atomic mass is 10.0. The molecule has 2 amide bonds. The Morgan fingerprint density at radius 1 is 1.29 bits per heavy atom. The van der Waals surface area contributed by atoms with Crippen molar-refractivity contribution in [2.75, 3.05) is 45.9 Å². The van der Waals surface area contributed by atoms with Crippen LogP contribution >= 0.6 is 24.0 Å². The molecular formula is C14H25F3IN3O3. The first kappa shape index (κ1) is 21.7. The lowest BCUT2D eigenvalue weighted by molar-refractivity contribution is -0.179. The summed E-state index contributed by atoms with van der Waals surface area (Å²) in [6.07, 6.45) is -2.74. The number of urea groups is 1. The van der Waals surface area contributed by atoms with Gasteiger partial charge in [-0.1, -0.05) is 0 Å². The number of amides is 2. The monoisotopic (exact) mass is 467 g/mol. The minimum Gasteiger partial charge on any atom is -0.389 e. The molecule has 0 spiro atoms. The zero-order valence-electron chi connectivity index (χ0n) is 13.4. The van der Waals surface area contributed by atoms with Gasteiger partial charge in [-0.2, -0.15) is 13.2 Å². The SMILES string of the molecule is I.O=C1NCCCN1C1CCN(CC(O)COCC(F)(F)F)CC1. The summed E-state index contributed by atoms with van der Waals surface area (Å²) in [4.78, 5) is 15.7. The van der Waals surface area contributed by atoms with Gasteiger partial charge in [-0.15, -0.1) is 24.0 Å². The number of halogens is 4. The van der Waals surface area contributed by atoms with Gasteiger partial charge in [0.05, 0.1) is 12.7 Å². The highest BCUT2D eigenvalue weighted by atomic mass is 127. The number of nitrogens with one attached hydrogen (secondary N) is 1. The van der Waals surface area contributed by atoms with Crippen LogP contribution in [-0.4, -0.2) is 85.2 Å². The Morgan fingerprint density at radius 2 is 1.96 bits per heavy atom. The Morgan fingerprint density at radius 3 is 2.54 bits per heavy atom. The number of hydrogen-bond donors (Lipinski definition) is 2. The van der Waals surface area contributed by atoms with E-state index in [1.165, 1.54) is 0 Å². The van der Waals surface area contributed by atoms with Crippen LogP contribution in [-0.2, 0) is 4.74 Å². The van der Waals surface area contributed by atoms with Crippen molar-refractivity contribution in [3.63, 3.8) is 0 Å². The van der Waals surface area contributed by atoms with Crippen LogP contribution in [0.25, 0.3) is 0 Å². The Kier molecular flexibility index (Phi) is 9.02. The summed E-state index contributed by atoms with van der Waals surface area (Å²) in [5.74, 6) is 0. The molecule has 0 saturated carbocycles.